The number of methoxy groups -OCH3 is 1. The second-order valence-corrected chi connectivity index (χ2v) is 5.55. The average molecular weight is 242 g/mol. The zero-order valence-electron chi connectivity index (χ0n) is 7.90. The van der Waals surface area contributed by atoms with E-state index in [1.165, 1.54) is 15.0 Å². The Morgan fingerprint density at radius 3 is 2.79 bits per heavy atom. The predicted octanol–water partition coefficient (Wildman–Crippen LogP) is 3.92. The van der Waals surface area contributed by atoms with Crippen LogP contribution in [0.2, 0.25) is 0 Å². The van der Waals surface area contributed by atoms with E-state index < -0.39 is 0 Å². The first-order valence-corrected chi connectivity index (χ1v) is 6.58. The molecule has 2 aromatic rings. The second-order valence-electron chi connectivity index (χ2n) is 2.83. The minimum absolute atomic E-state index is 0.945. The number of thiophene rings is 1. The number of rotatable bonds is 2. The zero-order valence-corrected chi connectivity index (χ0v) is 10.4. The standard InChI is InChI=1S/C10H10OS3/c1-11-7-5-8-6(3-9(7)13-2)4-10(12)14-8/h3-5,12H,1-2H3. The van der Waals surface area contributed by atoms with Gasteiger partial charge in [0.25, 0.3) is 0 Å². The fourth-order valence-electron chi connectivity index (χ4n) is 1.35. The van der Waals surface area contributed by atoms with Crippen molar-refractivity contribution < 1.29 is 4.74 Å². The van der Waals surface area contributed by atoms with Crippen molar-refractivity contribution in [2.24, 2.45) is 0 Å². The van der Waals surface area contributed by atoms with Crippen LogP contribution in [-0.2, 0) is 0 Å². The topological polar surface area (TPSA) is 9.23 Å². The first kappa shape index (κ1) is 10.2. The van der Waals surface area contributed by atoms with Gasteiger partial charge in [-0.3, -0.25) is 0 Å². The van der Waals surface area contributed by atoms with E-state index in [2.05, 4.69) is 37.1 Å². The summed E-state index contributed by atoms with van der Waals surface area (Å²) in [6.07, 6.45) is 2.05. The van der Waals surface area contributed by atoms with Gasteiger partial charge < -0.3 is 4.74 Å². The van der Waals surface area contributed by atoms with Crippen LogP contribution in [0.4, 0.5) is 0 Å². The largest absolute Gasteiger partial charge is 0.496 e. The van der Waals surface area contributed by atoms with E-state index in [4.69, 9.17) is 4.74 Å². The fourth-order valence-corrected chi connectivity index (χ4v) is 3.19. The molecule has 0 aliphatic carbocycles. The Morgan fingerprint density at radius 2 is 2.14 bits per heavy atom. The molecule has 1 nitrogen and oxygen atoms in total. The van der Waals surface area contributed by atoms with Crippen molar-refractivity contribution in [2.75, 3.05) is 13.4 Å². The van der Waals surface area contributed by atoms with Crippen molar-refractivity contribution in [2.45, 2.75) is 9.10 Å². The number of hydrogen-bond donors (Lipinski definition) is 1. The molecule has 0 bridgehead atoms. The monoisotopic (exact) mass is 242 g/mol. The highest BCUT2D eigenvalue weighted by atomic mass is 32.2. The molecule has 0 saturated heterocycles. The van der Waals surface area contributed by atoms with Gasteiger partial charge in [0.15, 0.2) is 0 Å². The predicted molar refractivity (Wildman–Crippen MR) is 67.4 cm³/mol. The quantitative estimate of drug-likeness (QED) is 0.631. The Balaban J connectivity index is 2.68. The smallest absolute Gasteiger partial charge is 0.133 e. The van der Waals surface area contributed by atoms with E-state index in [-0.39, 0.29) is 0 Å². The summed E-state index contributed by atoms with van der Waals surface area (Å²) in [5, 5.41) is 1.24. The van der Waals surface area contributed by atoms with Gasteiger partial charge in [0.1, 0.15) is 5.75 Å². The minimum Gasteiger partial charge on any atom is -0.496 e. The summed E-state index contributed by atoms with van der Waals surface area (Å²) in [7, 11) is 1.70. The van der Waals surface area contributed by atoms with E-state index in [9.17, 15) is 0 Å². The summed E-state index contributed by atoms with van der Waals surface area (Å²) >= 11 is 7.72. The van der Waals surface area contributed by atoms with Crippen LogP contribution in [0.15, 0.2) is 27.3 Å². The van der Waals surface area contributed by atoms with Crippen molar-refractivity contribution in [1.29, 1.82) is 0 Å². The van der Waals surface area contributed by atoms with Crippen molar-refractivity contribution >= 4 is 45.8 Å². The van der Waals surface area contributed by atoms with Crippen LogP contribution in [0.3, 0.4) is 0 Å². The van der Waals surface area contributed by atoms with Gasteiger partial charge in [-0.15, -0.1) is 35.7 Å². The normalized spacial score (nSPS) is 10.8. The number of fused-ring (bicyclic) bond motifs is 1. The Labute approximate surface area is 96.9 Å². The third-order valence-electron chi connectivity index (χ3n) is 2.01. The van der Waals surface area contributed by atoms with Crippen LogP contribution in [0.5, 0.6) is 5.75 Å². The maximum absolute atomic E-state index is 5.31. The SMILES string of the molecule is COc1cc2sc(S)cc2cc1SC. The molecule has 74 valence electrons. The molecule has 0 saturated carbocycles. The van der Waals surface area contributed by atoms with Gasteiger partial charge in [0.05, 0.1) is 11.3 Å². The molecule has 1 aromatic carbocycles. The molecule has 0 radical (unpaired) electrons. The summed E-state index contributed by atoms with van der Waals surface area (Å²) in [4.78, 5) is 1.17. The molecule has 0 unspecified atom stereocenters. The van der Waals surface area contributed by atoms with E-state index in [1.807, 2.05) is 0 Å². The van der Waals surface area contributed by atoms with Crippen molar-refractivity contribution in [3.05, 3.63) is 18.2 Å². The molecule has 0 aliphatic heterocycles. The summed E-state index contributed by atoms with van der Waals surface area (Å²) in [5.41, 5.74) is 0. The van der Waals surface area contributed by atoms with Crippen LogP contribution in [0, 0.1) is 0 Å². The lowest BCUT2D eigenvalue weighted by Gasteiger charge is -2.05. The maximum atomic E-state index is 5.31. The molecule has 0 fully saturated rings. The van der Waals surface area contributed by atoms with Gasteiger partial charge in [0.2, 0.25) is 0 Å². The van der Waals surface area contributed by atoms with E-state index in [1.54, 1.807) is 30.2 Å². The molecule has 0 amide bonds. The van der Waals surface area contributed by atoms with Gasteiger partial charge in [-0.2, -0.15) is 0 Å². The highest BCUT2D eigenvalue weighted by Crippen LogP contribution is 2.36. The first-order chi connectivity index (χ1) is 6.74. The van der Waals surface area contributed by atoms with E-state index >= 15 is 0 Å². The zero-order chi connectivity index (χ0) is 10.1. The molecular formula is C10H10OS3. The Hall–Kier alpha value is -0.320. The minimum atomic E-state index is 0.945. The van der Waals surface area contributed by atoms with Crippen molar-refractivity contribution in [3.63, 3.8) is 0 Å². The lowest BCUT2D eigenvalue weighted by atomic mass is 10.2. The molecule has 2 rings (SSSR count). The van der Waals surface area contributed by atoms with Crippen LogP contribution in [0.25, 0.3) is 10.1 Å². The molecule has 0 N–H and O–H groups in total. The van der Waals surface area contributed by atoms with Crippen LogP contribution in [0.1, 0.15) is 0 Å². The highest BCUT2D eigenvalue weighted by Gasteiger charge is 2.06. The van der Waals surface area contributed by atoms with Gasteiger partial charge in [-0.25, -0.2) is 0 Å². The summed E-state index contributed by atoms with van der Waals surface area (Å²) < 4.78 is 7.58. The summed E-state index contributed by atoms with van der Waals surface area (Å²) in [5.74, 6) is 0.945. The van der Waals surface area contributed by atoms with Gasteiger partial charge >= 0.3 is 0 Å². The molecule has 1 heterocycles. The van der Waals surface area contributed by atoms with Gasteiger partial charge in [0, 0.05) is 9.60 Å². The van der Waals surface area contributed by atoms with Crippen LogP contribution >= 0.6 is 35.7 Å². The van der Waals surface area contributed by atoms with Crippen molar-refractivity contribution in [3.8, 4) is 5.75 Å². The molecule has 0 aliphatic rings. The molecule has 4 heteroatoms. The second kappa shape index (κ2) is 4.04. The molecular weight excluding hydrogens is 232 g/mol. The third-order valence-corrected chi connectivity index (χ3v) is 4.07. The lowest BCUT2D eigenvalue weighted by molar-refractivity contribution is 0.405. The number of benzene rings is 1. The number of hydrogen-bond acceptors (Lipinski definition) is 4. The molecule has 0 spiro atoms. The molecule has 0 atom stereocenters. The van der Waals surface area contributed by atoms with E-state index in [0.717, 1.165) is 9.96 Å². The Bertz CT molecular complexity index is 421. The fraction of sp³-hybridized carbons (Fsp3) is 0.200. The van der Waals surface area contributed by atoms with Crippen LogP contribution < -0.4 is 4.74 Å². The summed E-state index contributed by atoms with van der Waals surface area (Å²) in [6, 6.07) is 6.31. The average Bonchev–Trinajstić information content (AvgIpc) is 2.54. The lowest BCUT2D eigenvalue weighted by Crippen LogP contribution is -1.84. The highest BCUT2D eigenvalue weighted by molar-refractivity contribution is 7.98. The van der Waals surface area contributed by atoms with E-state index in [0.29, 0.717) is 0 Å². The van der Waals surface area contributed by atoms with Crippen molar-refractivity contribution in [1.82, 2.24) is 0 Å². The Morgan fingerprint density at radius 1 is 1.36 bits per heavy atom. The Kier molecular flexibility index (Phi) is 2.95. The van der Waals surface area contributed by atoms with Crippen LogP contribution in [-0.4, -0.2) is 13.4 Å². The third kappa shape index (κ3) is 1.74. The number of thioether (sulfide) groups is 1. The molecule has 14 heavy (non-hydrogen) atoms. The van der Waals surface area contributed by atoms with Gasteiger partial charge in [-0.1, -0.05) is 0 Å². The number of ether oxygens (including phenoxy) is 1. The maximum Gasteiger partial charge on any atom is 0.133 e. The first-order valence-electron chi connectivity index (χ1n) is 4.09. The van der Waals surface area contributed by atoms with Gasteiger partial charge in [-0.05, 0) is 29.8 Å². The number of thiol groups is 1. The molecule has 1 aromatic heterocycles. The summed E-state index contributed by atoms with van der Waals surface area (Å²) in [6.45, 7) is 0.